The minimum Gasteiger partial charge on any atom is -0.457 e. The highest BCUT2D eigenvalue weighted by atomic mass is 16.6. The van der Waals surface area contributed by atoms with Crippen molar-refractivity contribution in [1.29, 1.82) is 0 Å². The third-order valence-electron chi connectivity index (χ3n) is 8.43. The van der Waals surface area contributed by atoms with Crippen LogP contribution in [0.1, 0.15) is 63.5 Å². The predicted molar refractivity (Wildman–Crippen MR) is 145 cm³/mol. The van der Waals surface area contributed by atoms with Gasteiger partial charge in [0.15, 0.2) is 0 Å². The van der Waals surface area contributed by atoms with Crippen LogP contribution in [0.25, 0.3) is 0 Å². The summed E-state index contributed by atoms with van der Waals surface area (Å²) in [6, 6.07) is 17.0. The molecule has 3 fully saturated rings. The summed E-state index contributed by atoms with van der Waals surface area (Å²) in [5, 5.41) is 3.09. The molecule has 3 aliphatic rings. The number of amides is 1. The van der Waals surface area contributed by atoms with E-state index in [0.717, 1.165) is 36.6 Å². The van der Waals surface area contributed by atoms with E-state index in [1.54, 1.807) is 6.07 Å². The van der Waals surface area contributed by atoms with Crippen molar-refractivity contribution >= 4 is 18.0 Å². The van der Waals surface area contributed by atoms with Gasteiger partial charge in [-0.1, -0.05) is 42.5 Å². The van der Waals surface area contributed by atoms with Gasteiger partial charge in [0.05, 0.1) is 0 Å². The number of nitrogens with one attached hydrogen (secondary N) is 1. The first-order chi connectivity index (χ1) is 18.8. The fourth-order valence-corrected chi connectivity index (χ4v) is 6.59. The maximum Gasteiger partial charge on any atom is 0.407 e. The lowest BCUT2D eigenvalue weighted by Gasteiger charge is -2.59. The summed E-state index contributed by atoms with van der Waals surface area (Å²) >= 11 is 0. The first-order valence-corrected chi connectivity index (χ1v) is 14.0. The van der Waals surface area contributed by atoms with Crippen molar-refractivity contribution in [3.05, 3.63) is 65.7 Å². The zero-order valence-corrected chi connectivity index (χ0v) is 22.8. The Morgan fingerprint density at radius 3 is 2.49 bits per heavy atom. The Hall–Kier alpha value is -3.39. The lowest BCUT2D eigenvalue weighted by atomic mass is 9.55. The number of carbonyl (C=O) groups excluding carboxylic acids is 3. The lowest BCUT2D eigenvalue weighted by Crippen LogP contribution is -2.68. The third-order valence-corrected chi connectivity index (χ3v) is 8.43. The predicted octanol–water partition coefficient (Wildman–Crippen LogP) is 4.75. The number of likely N-dealkylation sites (tertiary alicyclic amines) is 1. The minimum atomic E-state index is -0.757. The summed E-state index contributed by atoms with van der Waals surface area (Å²) in [6.45, 7) is 5.57. The van der Waals surface area contributed by atoms with Crippen LogP contribution in [-0.2, 0) is 31.1 Å². The molecule has 2 aromatic carbocycles. The number of rotatable bonds is 8. The Morgan fingerprint density at radius 1 is 0.974 bits per heavy atom. The van der Waals surface area contributed by atoms with Crippen molar-refractivity contribution in [3.63, 3.8) is 0 Å². The molecule has 0 aromatic heterocycles. The molecule has 1 heterocycles. The minimum absolute atomic E-state index is 0.163. The number of carbonyl (C=O) groups is 3. The molecule has 0 bridgehead atoms. The van der Waals surface area contributed by atoms with E-state index in [9.17, 15) is 14.4 Å². The van der Waals surface area contributed by atoms with E-state index in [-0.39, 0.29) is 24.6 Å². The summed E-state index contributed by atoms with van der Waals surface area (Å²) < 4.78 is 17.3. The van der Waals surface area contributed by atoms with Crippen molar-refractivity contribution in [2.45, 2.75) is 76.0 Å². The molecule has 8 heteroatoms. The highest BCUT2D eigenvalue weighted by Gasteiger charge is 2.61. The Morgan fingerprint density at radius 2 is 1.77 bits per heavy atom. The molecule has 1 N–H and O–H groups in total. The second-order valence-electron chi connectivity index (χ2n) is 11.4. The molecule has 1 amide bonds. The van der Waals surface area contributed by atoms with Gasteiger partial charge in [-0.05, 0) is 74.2 Å². The number of fused-ring (bicyclic) bond motifs is 1. The summed E-state index contributed by atoms with van der Waals surface area (Å²) in [5.41, 5.74) is 0.557. The van der Waals surface area contributed by atoms with Crippen molar-refractivity contribution in [2.75, 3.05) is 19.6 Å². The SMILES string of the molecule is CC(=O)Oc1cccc([C@@]23CCN(CC4CC4)C[C@@]2(OC(C)=O)CC[C@H](NC(=O)OCc2ccccc2)C3)c1. The molecule has 0 radical (unpaired) electrons. The fraction of sp³-hybridized carbons (Fsp3) is 0.516. The van der Waals surface area contributed by atoms with Gasteiger partial charge < -0.3 is 19.5 Å². The van der Waals surface area contributed by atoms with Gasteiger partial charge in [-0.2, -0.15) is 0 Å². The number of piperidine rings is 1. The molecule has 8 nitrogen and oxygen atoms in total. The number of ether oxygens (including phenoxy) is 3. The standard InChI is InChI=1S/C31H38N2O6/c1-22(34)38-28-10-6-9-26(17-28)30-15-16-33(19-24-11-12-24)21-31(30,39-23(2)35)14-13-27(18-30)32-29(36)37-20-25-7-4-3-5-8-25/h3-10,17,24,27H,11-16,18-21H2,1-2H3,(H,32,36)/t27-,30-,31-/m0/s1. The molecule has 1 aliphatic heterocycles. The van der Waals surface area contributed by atoms with Crippen LogP contribution < -0.4 is 10.1 Å². The number of alkyl carbamates (subject to hydrolysis) is 1. The Kier molecular flexibility index (Phi) is 7.93. The van der Waals surface area contributed by atoms with Crippen molar-refractivity contribution in [1.82, 2.24) is 10.2 Å². The largest absolute Gasteiger partial charge is 0.457 e. The molecule has 2 aliphatic carbocycles. The van der Waals surface area contributed by atoms with Gasteiger partial charge in [-0.15, -0.1) is 0 Å². The van der Waals surface area contributed by atoms with Gasteiger partial charge in [0.25, 0.3) is 0 Å². The van der Waals surface area contributed by atoms with Gasteiger partial charge in [0.1, 0.15) is 18.0 Å². The summed E-state index contributed by atoms with van der Waals surface area (Å²) in [5.74, 6) is 0.484. The van der Waals surface area contributed by atoms with E-state index in [0.29, 0.717) is 31.6 Å². The second-order valence-corrected chi connectivity index (χ2v) is 11.4. The van der Waals surface area contributed by atoms with Crippen molar-refractivity contribution in [2.24, 2.45) is 5.92 Å². The number of hydrogen-bond acceptors (Lipinski definition) is 7. The molecule has 3 atom stereocenters. The van der Waals surface area contributed by atoms with E-state index in [1.165, 1.54) is 26.7 Å². The zero-order valence-electron chi connectivity index (χ0n) is 22.8. The van der Waals surface area contributed by atoms with Crippen LogP contribution in [0.2, 0.25) is 0 Å². The van der Waals surface area contributed by atoms with Gasteiger partial charge in [-0.3, -0.25) is 14.5 Å². The highest BCUT2D eigenvalue weighted by molar-refractivity contribution is 5.70. The van der Waals surface area contributed by atoms with Crippen LogP contribution >= 0.6 is 0 Å². The van der Waals surface area contributed by atoms with Crippen molar-refractivity contribution < 1.29 is 28.6 Å². The molecule has 39 heavy (non-hydrogen) atoms. The molecule has 0 spiro atoms. The van der Waals surface area contributed by atoms with Gasteiger partial charge in [0, 0.05) is 38.4 Å². The van der Waals surface area contributed by atoms with E-state index < -0.39 is 17.1 Å². The highest BCUT2D eigenvalue weighted by Crippen LogP contribution is 2.54. The number of nitrogens with zero attached hydrogens (tertiary/aromatic N) is 1. The average molecular weight is 535 g/mol. The number of esters is 2. The smallest absolute Gasteiger partial charge is 0.407 e. The van der Waals surface area contributed by atoms with Crippen LogP contribution in [-0.4, -0.2) is 54.2 Å². The monoisotopic (exact) mass is 534 g/mol. The third kappa shape index (κ3) is 6.27. The Labute approximate surface area is 230 Å². The summed E-state index contributed by atoms with van der Waals surface area (Å²) in [4.78, 5) is 39.5. The molecule has 5 rings (SSSR count). The lowest BCUT2D eigenvalue weighted by molar-refractivity contribution is -0.187. The number of hydrogen-bond donors (Lipinski definition) is 1. The molecular formula is C31H38N2O6. The maximum absolute atomic E-state index is 12.8. The number of benzene rings is 2. The van der Waals surface area contributed by atoms with Crippen LogP contribution in [0, 0.1) is 5.92 Å². The fourth-order valence-electron chi connectivity index (χ4n) is 6.59. The van der Waals surface area contributed by atoms with E-state index in [2.05, 4.69) is 10.2 Å². The Balaban J connectivity index is 1.42. The summed E-state index contributed by atoms with van der Waals surface area (Å²) in [6.07, 6.45) is 4.66. The molecule has 2 aromatic rings. The van der Waals surface area contributed by atoms with E-state index in [4.69, 9.17) is 14.2 Å². The van der Waals surface area contributed by atoms with E-state index in [1.807, 2.05) is 48.5 Å². The van der Waals surface area contributed by atoms with E-state index >= 15 is 0 Å². The first kappa shape index (κ1) is 27.2. The maximum atomic E-state index is 12.8. The summed E-state index contributed by atoms with van der Waals surface area (Å²) in [7, 11) is 0. The van der Waals surface area contributed by atoms with Crippen LogP contribution in [0.5, 0.6) is 5.75 Å². The topological polar surface area (TPSA) is 94.2 Å². The van der Waals surface area contributed by atoms with Gasteiger partial charge >= 0.3 is 18.0 Å². The van der Waals surface area contributed by atoms with Crippen molar-refractivity contribution in [3.8, 4) is 5.75 Å². The molecular weight excluding hydrogens is 496 g/mol. The zero-order chi connectivity index (χ0) is 27.5. The van der Waals surface area contributed by atoms with Crippen LogP contribution in [0.15, 0.2) is 54.6 Å². The van der Waals surface area contributed by atoms with Gasteiger partial charge in [-0.25, -0.2) is 4.79 Å². The molecule has 2 saturated carbocycles. The van der Waals surface area contributed by atoms with Crippen LogP contribution in [0.3, 0.4) is 0 Å². The van der Waals surface area contributed by atoms with Gasteiger partial charge in [0.2, 0.25) is 0 Å². The molecule has 1 saturated heterocycles. The first-order valence-electron chi connectivity index (χ1n) is 14.0. The van der Waals surface area contributed by atoms with Crippen LogP contribution in [0.4, 0.5) is 4.79 Å². The average Bonchev–Trinajstić information content (AvgIpc) is 3.72. The quantitative estimate of drug-likeness (QED) is 0.386. The second kappa shape index (κ2) is 11.4. The Bertz CT molecular complexity index is 1200. The molecule has 0 unspecified atom stereocenters. The normalized spacial score (nSPS) is 26.7. The molecule has 208 valence electrons.